The van der Waals surface area contributed by atoms with Gasteiger partial charge in [-0.2, -0.15) is 0 Å². The normalized spacial score (nSPS) is 11.2. The van der Waals surface area contributed by atoms with Crippen molar-refractivity contribution >= 4 is 28.0 Å². The molecule has 0 aliphatic heterocycles. The van der Waals surface area contributed by atoms with Crippen LogP contribution in [0.15, 0.2) is 47.5 Å². The Hall–Kier alpha value is -3.47. The smallest absolute Gasteiger partial charge is 0.431 e. The number of ether oxygens (including phenoxy) is 2. The van der Waals surface area contributed by atoms with Crippen molar-refractivity contribution in [3.8, 4) is 5.88 Å². The van der Waals surface area contributed by atoms with Gasteiger partial charge in [0.1, 0.15) is 6.10 Å². The summed E-state index contributed by atoms with van der Waals surface area (Å²) in [6, 6.07) is 8.15. The number of nitrogens with zero attached hydrogens (tertiary/aromatic N) is 2. The summed E-state index contributed by atoms with van der Waals surface area (Å²) in [6.07, 6.45) is 4.73. The van der Waals surface area contributed by atoms with E-state index in [1.54, 1.807) is 11.0 Å². The summed E-state index contributed by atoms with van der Waals surface area (Å²) in [4.78, 5) is 42.9. The quantitative estimate of drug-likeness (QED) is 0.329. The summed E-state index contributed by atoms with van der Waals surface area (Å²) in [5.74, 6) is -1.27. The van der Waals surface area contributed by atoms with Gasteiger partial charge in [0, 0.05) is 30.9 Å². The van der Waals surface area contributed by atoms with Gasteiger partial charge in [0.2, 0.25) is 5.88 Å². The first-order valence-electron chi connectivity index (χ1n) is 13.0. The van der Waals surface area contributed by atoms with Gasteiger partial charge in [-0.1, -0.05) is 46.6 Å². The lowest BCUT2D eigenvalue weighted by Crippen LogP contribution is -2.33. The highest BCUT2D eigenvalue weighted by atomic mass is 32.2. The number of carbonyl (C=O) groups is 3. The van der Waals surface area contributed by atoms with Gasteiger partial charge >= 0.3 is 6.16 Å². The molecule has 2 rings (SSSR count). The Morgan fingerprint density at radius 1 is 0.947 bits per heavy atom. The maximum absolute atomic E-state index is 13.1. The van der Waals surface area contributed by atoms with E-state index in [1.807, 2.05) is 32.4 Å². The van der Waals surface area contributed by atoms with Gasteiger partial charge in [-0.25, -0.2) is 22.9 Å². The van der Waals surface area contributed by atoms with Crippen LogP contribution < -0.4 is 9.46 Å². The van der Waals surface area contributed by atoms with Gasteiger partial charge in [0.15, 0.2) is 0 Å². The predicted molar refractivity (Wildman–Crippen MR) is 143 cm³/mol. The molecule has 0 atom stereocenters. The molecule has 11 heteroatoms. The van der Waals surface area contributed by atoms with E-state index < -0.39 is 22.1 Å². The van der Waals surface area contributed by atoms with E-state index in [0.717, 1.165) is 31.9 Å². The number of hydrogen-bond acceptors (Lipinski definition) is 8. The lowest BCUT2D eigenvalue weighted by Gasteiger charge is -2.22. The summed E-state index contributed by atoms with van der Waals surface area (Å²) in [7, 11) is -4.28. The van der Waals surface area contributed by atoms with Crippen molar-refractivity contribution < 1.29 is 32.3 Å². The highest BCUT2D eigenvalue weighted by molar-refractivity contribution is 7.90. The number of aromatic nitrogens is 1. The number of hydrogen-bond donors (Lipinski definition) is 1. The van der Waals surface area contributed by atoms with Crippen molar-refractivity contribution in [3.05, 3.63) is 53.7 Å². The summed E-state index contributed by atoms with van der Waals surface area (Å²) in [6.45, 7) is 9.02. The van der Waals surface area contributed by atoms with Crippen LogP contribution in [0.4, 0.5) is 4.79 Å². The number of rotatable bonds is 14. The van der Waals surface area contributed by atoms with E-state index in [2.05, 4.69) is 4.98 Å². The SMILES string of the molecule is CCCCN(CCCC)C(=O)c1cccc(S(=O)(=O)NC(=O)c2ccc(OC(=O)OC(CC)CC)nc2)c1. The monoisotopic (exact) mass is 547 g/mol. The Labute approximate surface area is 224 Å². The molecule has 10 nitrogen and oxygen atoms in total. The number of nitrogens with one attached hydrogen (secondary N) is 1. The number of sulfonamides is 1. The van der Waals surface area contributed by atoms with Gasteiger partial charge in [-0.3, -0.25) is 9.59 Å². The Bertz CT molecular complexity index is 1170. The predicted octanol–water partition coefficient (Wildman–Crippen LogP) is 4.95. The first-order valence-corrected chi connectivity index (χ1v) is 14.4. The van der Waals surface area contributed by atoms with Crippen LogP contribution in [0.5, 0.6) is 5.88 Å². The van der Waals surface area contributed by atoms with E-state index in [9.17, 15) is 22.8 Å². The Balaban J connectivity index is 2.10. The lowest BCUT2D eigenvalue weighted by molar-refractivity contribution is 0.0538. The van der Waals surface area contributed by atoms with Gasteiger partial charge in [-0.05, 0) is 49.9 Å². The van der Waals surface area contributed by atoms with Crippen molar-refractivity contribution in [2.45, 2.75) is 77.2 Å². The molecule has 0 saturated carbocycles. The second-order valence-electron chi connectivity index (χ2n) is 8.76. The second-order valence-corrected chi connectivity index (χ2v) is 10.4. The highest BCUT2D eigenvalue weighted by Crippen LogP contribution is 2.16. The van der Waals surface area contributed by atoms with Crippen LogP contribution in [0, 0.1) is 0 Å². The molecule has 1 N–H and O–H groups in total. The third kappa shape index (κ3) is 9.13. The first kappa shape index (κ1) is 30.8. The molecule has 0 bridgehead atoms. The zero-order valence-electron chi connectivity index (χ0n) is 22.4. The van der Waals surface area contributed by atoms with Crippen LogP contribution in [0.1, 0.15) is 86.9 Å². The molecule has 1 aromatic carbocycles. The topological polar surface area (TPSA) is 132 Å². The fourth-order valence-corrected chi connectivity index (χ4v) is 4.53. The molecular weight excluding hydrogens is 510 g/mol. The summed E-state index contributed by atoms with van der Waals surface area (Å²) < 4.78 is 38.0. The van der Waals surface area contributed by atoms with Crippen molar-refractivity contribution in [1.29, 1.82) is 0 Å². The average molecular weight is 548 g/mol. The van der Waals surface area contributed by atoms with Crippen LogP contribution in [0.25, 0.3) is 0 Å². The summed E-state index contributed by atoms with van der Waals surface area (Å²) in [5, 5.41) is 0. The molecule has 2 amide bonds. The fourth-order valence-electron chi connectivity index (χ4n) is 3.51. The van der Waals surface area contributed by atoms with E-state index in [-0.39, 0.29) is 33.9 Å². The molecule has 2 aromatic rings. The largest absolute Gasteiger partial charge is 0.515 e. The molecule has 0 radical (unpaired) electrons. The summed E-state index contributed by atoms with van der Waals surface area (Å²) >= 11 is 0. The van der Waals surface area contributed by atoms with Crippen LogP contribution in [-0.2, 0) is 14.8 Å². The van der Waals surface area contributed by atoms with Crippen molar-refractivity contribution in [2.75, 3.05) is 13.1 Å². The standard InChI is InChI=1S/C27H37N3O7S/c1-5-9-16-30(17-10-6-2)26(32)20-12-11-13-23(18-20)38(34,35)29-25(31)21-14-15-24(28-19-21)37-27(33)36-22(7-3)8-4/h11-15,18-19,22H,5-10,16-17H2,1-4H3,(H,29,31). The molecule has 38 heavy (non-hydrogen) atoms. The minimum Gasteiger partial charge on any atom is -0.431 e. The highest BCUT2D eigenvalue weighted by Gasteiger charge is 2.22. The van der Waals surface area contributed by atoms with E-state index in [1.165, 1.54) is 30.3 Å². The molecule has 1 aromatic heterocycles. The fraction of sp³-hybridized carbons (Fsp3) is 0.481. The Kier molecular flexibility index (Phi) is 12.2. The van der Waals surface area contributed by atoms with Crippen LogP contribution >= 0.6 is 0 Å². The van der Waals surface area contributed by atoms with Crippen molar-refractivity contribution in [2.24, 2.45) is 0 Å². The van der Waals surface area contributed by atoms with Crippen molar-refractivity contribution in [3.63, 3.8) is 0 Å². The van der Waals surface area contributed by atoms with Crippen molar-refractivity contribution in [1.82, 2.24) is 14.6 Å². The molecule has 0 saturated heterocycles. The number of benzene rings is 1. The van der Waals surface area contributed by atoms with E-state index in [0.29, 0.717) is 25.9 Å². The van der Waals surface area contributed by atoms with Crippen LogP contribution in [-0.4, -0.2) is 55.5 Å². The first-order chi connectivity index (χ1) is 18.1. The molecule has 0 unspecified atom stereocenters. The van der Waals surface area contributed by atoms with Gasteiger partial charge in [0.25, 0.3) is 21.8 Å². The molecule has 0 spiro atoms. The van der Waals surface area contributed by atoms with E-state index >= 15 is 0 Å². The molecule has 1 heterocycles. The number of unbranched alkanes of at least 4 members (excludes halogenated alkanes) is 2. The lowest BCUT2D eigenvalue weighted by atomic mass is 10.1. The molecule has 0 fully saturated rings. The second kappa shape index (κ2) is 15.1. The third-order valence-corrected chi connectivity index (χ3v) is 7.16. The Morgan fingerprint density at radius 3 is 2.16 bits per heavy atom. The minimum absolute atomic E-state index is 0.0631. The zero-order chi connectivity index (χ0) is 28.1. The number of carbonyl (C=O) groups excluding carboxylic acids is 3. The van der Waals surface area contributed by atoms with Gasteiger partial charge < -0.3 is 14.4 Å². The van der Waals surface area contributed by atoms with Gasteiger partial charge in [0.05, 0.1) is 10.5 Å². The maximum Gasteiger partial charge on any atom is 0.515 e. The number of pyridine rings is 1. The minimum atomic E-state index is -4.28. The zero-order valence-corrected chi connectivity index (χ0v) is 23.3. The van der Waals surface area contributed by atoms with Gasteiger partial charge in [-0.15, -0.1) is 0 Å². The molecular formula is C27H37N3O7S. The molecule has 208 valence electrons. The molecule has 0 aliphatic rings. The van der Waals surface area contributed by atoms with Crippen LogP contribution in [0.2, 0.25) is 0 Å². The number of amides is 2. The van der Waals surface area contributed by atoms with Crippen LogP contribution in [0.3, 0.4) is 0 Å². The third-order valence-electron chi connectivity index (χ3n) is 5.83. The Morgan fingerprint density at radius 2 is 1.61 bits per heavy atom. The maximum atomic E-state index is 13.1. The van der Waals surface area contributed by atoms with E-state index in [4.69, 9.17) is 9.47 Å². The summed E-state index contributed by atoms with van der Waals surface area (Å²) in [5.41, 5.74) is 0.169. The molecule has 0 aliphatic carbocycles. The average Bonchev–Trinajstić information content (AvgIpc) is 2.91.